The zero-order chi connectivity index (χ0) is 16.4. The molecule has 1 aliphatic heterocycles. The summed E-state index contributed by atoms with van der Waals surface area (Å²) in [6.07, 6.45) is 1.31. The van der Waals surface area contributed by atoms with Crippen LogP contribution in [0.15, 0.2) is 45.9 Å². The molecule has 0 spiro atoms. The number of nitro groups is 1. The summed E-state index contributed by atoms with van der Waals surface area (Å²) >= 11 is 0. The van der Waals surface area contributed by atoms with Crippen molar-refractivity contribution in [2.75, 3.05) is 6.54 Å². The van der Waals surface area contributed by atoms with Crippen molar-refractivity contribution >= 4 is 36.2 Å². The van der Waals surface area contributed by atoms with E-state index in [2.05, 4.69) is 10.4 Å². The number of benzene rings is 1. The molecule has 0 bridgehead atoms. The number of nitrogens with zero attached hydrogens (tertiary/aromatic N) is 3. The van der Waals surface area contributed by atoms with Crippen LogP contribution in [0.3, 0.4) is 0 Å². The molecular formula is C14H11ClN4O5. The van der Waals surface area contributed by atoms with Crippen LogP contribution in [0.1, 0.15) is 5.76 Å². The third-order valence-electron chi connectivity index (χ3n) is 3.09. The van der Waals surface area contributed by atoms with Crippen LogP contribution in [0.25, 0.3) is 11.3 Å². The zero-order valence-electron chi connectivity index (χ0n) is 12.0. The van der Waals surface area contributed by atoms with E-state index in [4.69, 9.17) is 4.42 Å². The van der Waals surface area contributed by atoms with Crippen molar-refractivity contribution in [1.82, 2.24) is 10.3 Å². The van der Waals surface area contributed by atoms with Crippen molar-refractivity contribution in [1.29, 1.82) is 0 Å². The van der Waals surface area contributed by atoms with Crippen LogP contribution < -0.4 is 5.32 Å². The minimum absolute atomic E-state index is 0. The van der Waals surface area contributed by atoms with E-state index in [1.807, 2.05) is 0 Å². The van der Waals surface area contributed by atoms with Crippen LogP contribution >= 0.6 is 12.4 Å². The molecule has 1 aromatic carbocycles. The van der Waals surface area contributed by atoms with Gasteiger partial charge in [0.15, 0.2) is 0 Å². The van der Waals surface area contributed by atoms with E-state index in [9.17, 15) is 19.7 Å². The number of urea groups is 1. The molecule has 1 saturated heterocycles. The molecule has 9 nitrogen and oxygen atoms in total. The van der Waals surface area contributed by atoms with Gasteiger partial charge in [-0.25, -0.2) is 9.80 Å². The average Bonchev–Trinajstić information content (AvgIpc) is 3.11. The Morgan fingerprint density at radius 1 is 1.21 bits per heavy atom. The molecule has 1 aliphatic rings. The van der Waals surface area contributed by atoms with E-state index < -0.39 is 16.9 Å². The Morgan fingerprint density at radius 2 is 1.92 bits per heavy atom. The Hall–Kier alpha value is -3.20. The topological polar surface area (TPSA) is 118 Å². The Bertz CT molecular complexity index is 815. The van der Waals surface area contributed by atoms with Gasteiger partial charge in [0, 0.05) is 17.7 Å². The first-order valence-electron chi connectivity index (χ1n) is 6.53. The highest BCUT2D eigenvalue weighted by atomic mass is 35.5. The molecule has 1 N–H and O–H groups in total. The van der Waals surface area contributed by atoms with Crippen molar-refractivity contribution in [3.63, 3.8) is 0 Å². The van der Waals surface area contributed by atoms with Gasteiger partial charge in [-0.05, 0) is 24.3 Å². The minimum atomic E-state index is -0.589. The predicted molar refractivity (Wildman–Crippen MR) is 85.9 cm³/mol. The number of rotatable bonds is 4. The average molecular weight is 351 g/mol. The molecule has 3 rings (SSSR count). The molecule has 10 heteroatoms. The van der Waals surface area contributed by atoms with Gasteiger partial charge in [-0.1, -0.05) is 0 Å². The van der Waals surface area contributed by atoms with E-state index >= 15 is 0 Å². The van der Waals surface area contributed by atoms with Crippen LogP contribution in [-0.2, 0) is 4.79 Å². The lowest BCUT2D eigenvalue weighted by atomic mass is 10.1. The standard InChI is InChI=1S/C14H10N4O5.ClH/c19-13-8-17(14(20)16-13)15-7-11-5-6-12(23-11)9-1-3-10(4-2-9)18(21)22;/h1-7H,8H2,(H,16,19,20);1H. The molecule has 0 saturated carbocycles. The normalized spacial score (nSPS) is 13.9. The van der Waals surface area contributed by atoms with E-state index in [0.29, 0.717) is 17.1 Å². The van der Waals surface area contributed by atoms with Gasteiger partial charge in [0.2, 0.25) is 5.91 Å². The van der Waals surface area contributed by atoms with Gasteiger partial charge in [0.05, 0.1) is 11.1 Å². The first-order valence-corrected chi connectivity index (χ1v) is 6.53. The monoisotopic (exact) mass is 350 g/mol. The maximum Gasteiger partial charge on any atom is 0.344 e. The zero-order valence-corrected chi connectivity index (χ0v) is 12.9. The maximum absolute atomic E-state index is 11.3. The van der Waals surface area contributed by atoms with Gasteiger partial charge in [-0.3, -0.25) is 20.2 Å². The SMILES string of the molecule is Cl.O=C1CN(N=Cc2ccc(-c3ccc([N+](=O)[O-])cc3)o2)C(=O)N1. The van der Waals surface area contributed by atoms with Gasteiger partial charge in [-0.15, -0.1) is 12.4 Å². The fourth-order valence-corrected chi connectivity index (χ4v) is 1.98. The number of halogens is 1. The van der Waals surface area contributed by atoms with Crippen LogP contribution in [0, 0.1) is 10.1 Å². The van der Waals surface area contributed by atoms with Crippen molar-refractivity contribution in [3.8, 4) is 11.3 Å². The van der Waals surface area contributed by atoms with E-state index in [1.165, 1.54) is 18.3 Å². The number of non-ortho nitro benzene ring substituents is 1. The number of amides is 3. The molecule has 124 valence electrons. The number of hydrogen-bond acceptors (Lipinski definition) is 6. The number of furan rings is 1. The first kappa shape index (κ1) is 17.2. The first-order chi connectivity index (χ1) is 11.0. The third kappa shape index (κ3) is 3.58. The van der Waals surface area contributed by atoms with Crippen molar-refractivity contribution in [3.05, 3.63) is 52.3 Å². The second kappa shape index (κ2) is 6.92. The van der Waals surface area contributed by atoms with Gasteiger partial charge >= 0.3 is 6.03 Å². The van der Waals surface area contributed by atoms with Gasteiger partial charge < -0.3 is 4.42 Å². The predicted octanol–water partition coefficient (Wildman–Crippen LogP) is 2.16. The Balaban J connectivity index is 0.00000208. The summed E-state index contributed by atoms with van der Waals surface area (Å²) in [6, 6.07) is 8.63. The molecule has 3 amide bonds. The Labute approximate surface area is 141 Å². The molecule has 0 unspecified atom stereocenters. The van der Waals surface area contributed by atoms with E-state index in [0.717, 1.165) is 5.01 Å². The number of nitrogens with one attached hydrogen (secondary N) is 1. The number of carbonyl (C=O) groups excluding carboxylic acids is 2. The quantitative estimate of drug-likeness (QED) is 0.392. The lowest BCUT2D eigenvalue weighted by Gasteiger charge is -2.02. The van der Waals surface area contributed by atoms with E-state index in [-0.39, 0.29) is 24.6 Å². The summed E-state index contributed by atoms with van der Waals surface area (Å²) in [7, 11) is 0. The molecule has 24 heavy (non-hydrogen) atoms. The van der Waals surface area contributed by atoms with Crippen LogP contribution in [0.4, 0.5) is 10.5 Å². The highest BCUT2D eigenvalue weighted by Gasteiger charge is 2.26. The Morgan fingerprint density at radius 3 is 2.50 bits per heavy atom. The van der Waals surface area contributed by atoms with Crippen molar-refractivity contribution in [2.45, 2.75) is 0 Å². The number of carbonyl (C=O) groups is 2. The van der Waals surface area contributed by atoms with Gasteiger partial charge in [0.1, 0.15) is 18.1 Å². The summed E-state index contributed by atoms with van der Waals surface area (Å²) in [6.45, 7) is -0.134. The smallest absolute Gasteiger partial charge is 0.344 e. The molecule has 0 radical (unpaired) electrons. The second-order valence-corrected chi connectivity index (χ2v) is 4.66. The summed E-state index contributed by atoms with van der Waals surface area (Å²) in [5, 5.41) is 17.6. The number of hydrogen-bond donors (Lipinski definition) is 1. The fourth-order valence-electron chi connectivity index (χ4n) is 1.98. The number of hydrazone groups is 1. The second-order valence-electron chi connectivity index (χ2n) is 4.66. The van der Waals surface area contributed by atoms with Crippen molar-refractivity contribution in [2.24, 2.45) is 5.10 Å². The van der Waals surface area contributed by atoms with Gasteiger partial charge in [-0.2, -0.15) is 5.10 Å². The van der Waals surface area contributed by atoms with Gasteiger partial charge in [0.25, 0.3) is 5.69 Å². The van der Waals surface area contributed by atoms with Crippen LogP contribution in [0.5, 0.6) is 0 Å². The highest BCUT2D eigenvalue weighted by Crippen LogP contribution is 2.24. The highest BCUT2D eigenvalue weighted by molar-refractivity contribution is 6.02. The third-order valence-corrected chi connectivity index (χ3v) is 3.09. The van der Waals surface area contributed by atoms with Crippen LogP contribution in [-0.4, -0.2) is 34.6 Å². The maximum atomic E-state index is 11.3. The van der Waals surface area contributed by atoms with Crippen molar-refractivity contribution < 1.29 is 18.9 Å². The lowest BCUT2D eigenvalue weighted by molar-refractivity contribution is -0.384. The van der Waals surface area contributed by atoms with Crippen LogP contribution in [0.2, 0.25) is 0 Å². The largest absolute Gasteiger partial charge is 0.455 e. The molecule has 1 fully saturated rings. The molecule has 0 atom stereocenters. The molecule has 2 aromatic rings. The molecule has 1 aromatic heterocycles. The molecule has 2 heterocycles. The minimum Gasteiger partial charge on any atom is -0.455 e. The summed E-state index contributed by atoms with van der Waals surface area (Å²) in [4.78, 5) is 32.5. The summed E-state index contributed by atoms with van der Waals surface area (Å²) in [5.74, 6) is 0.465. The Kier molecular flexibility index (Phi) is 4.95. The summed E-state index contributed by atoms with van der Waals surface area (Å²) in [5.41, 5.74) is 0.663. The molecular weight excluding hydrogens is 340 g/mol. The van der Waals surface area contributed by atoms with E-state index in [1.54, 1.807) is 24.3 Å². The fraction of sp³-hybridized carbons (Fsp3) is 0.0714. The molecule has 0 aliphatic carbocycles. The summed E-state index contributed by atoms with van der Waals surface area (Å²) < 4.78 is 5.53. The number of imide groups is 1. The lowest BCUT2D eigenvalue weighted by Crippen LogP contribution is -2.24. The number of nitro benzene ring substituents is 1.